The van der Waals surface area contributed by atoms with Crippen molar-refractivity contribution >= 4 is 0 Å². The molecule has 3 rings (SSSR count). The van der Waals surface area contributed by atoms with E-state index in [-0.39, 0.29) is 0 Å². The van der Waals surface area contributed by atoms with Crippen molar-refractivity contribution in [1.82, 2.24) is 25.0 Å². The highest BCUT2D eigenvalue weighted by molar-refractivity contribution is 4.97. The number of nitrogens with one attached hydrogen (secondary N) is 1. The molecule has 0 radical (unpaired) electrons. The van der Waals surface area contributed by atoms with Gasteiger partial charge in [0.15, 0.2) is 0 Å². The Morgan fingerprint density at radius 2 is 2.05 bits per heavy atom. The van der Waals surface area contributed by atoms with Crippen LogP contribution in [-0.2, 0) is 13.0 Å². The zero-order valence-electron chi connectivity index (χ0n) is 12.0. The number of hydrogen-bond acceptors (Lipinski definition) is 4. The summed E-state index contributed by atoms with van der Waals surface area (Å²) in [5.74, 6) is 1.97. The lowest BCUT2D eigenvalue weighted by atomic mass is 9.89. The van der Waals surface area contributed by atoms with Crippen molar-refractivity contribution in [3.05, 3.63) is 12.2 Å². The Balaban J connectivity index is 1.59. The van der Waals surface area contributed by atoms with Gasteiger partial charge in [0, 0.05) is 31.6 Å². The molecular formula is C14H25N5. The van der Waals surface area contributed by atoms with Crippen LogP contribution in [0.15, 0.2) is 6.33 Å². The predicted octanol–water partition coefficient (Wildman–Crippen LogP) is 0.913. The number of hydrogen-bond donors (Lipinski definition) is 1. The van der Waals surface area contributed by atoms with Crippen LogP contribution >= 0.6 is 0 Å². The van der Waals surface area contributed by atoms with E-state index in [0.29, 0.717) is 0 Å². The smallest absolute Gasteiger partial charge is 0.133 e. The van der Waals surface area contributed by atoms with Crippen molar-refractivity contribution in [3.8, 4) is 0 Å². The maximum Gasteiger partial charge on any atom is 0.133 e. The summed E-state index contributed by atoms with van der Waals surface area (Å²) in [4.78, 5) is 2.20. The standard InChI is InChI=1S/C14H25N5/c1-18(2)5-6-19-10-15-17-14(19)9-11-7-12-3-4-13(8-11)16-12/h10-13,16H,3-9H2,1-2H3. The fraction of sp³-hybridized carbons (Fsp3) is 0.857. The summed E-state index contributed by atoms with van der Waals surface area (Å²) in [6.07, 6.45) is 8.35. The van der Waals surface area contributed by atoms with Crippen LogP contribution in [-0.4, -0.2) is 52.4 Å². The van der Waals surface area contributed by atoms with Gasteiger partial charge in [-0.3, -0.25) is 0 Å². The van der Waals surface area contributed by atoms with E-state index in [1.807, 2.05) is 6.33 Å². The summed E-state index contributed by atoms with van der Waals surface area (Å²) in [6, 6.07) is 1.53. The van der Waals surface area contributed by atoms with Crippen LogP contribution in [0.2, 0.25) is 0 Å². The van der Waals surface area contributed by atoms with Crippen molar-refractivity contribution in [2.75, 3.05) is 20.6 Å². The van der Waals surface area contributed by atoms with Gasteiger partial charge in [-0.1, -0.05) is 0 Å². The third-order valence-corrected chi connectivity index (χ3v) is 4.53. The molecule has 5 nitrogen and oxygen atoms in total. The molecule has 0 amide bonds. The van der Waals surface area contributed by atoms with Gasteiger partial charge in [-0.25, -0.2) is 0 Å². The first-order valence-electron chi connectivity index (χ1n) is 7.48. The van der Waals surface area contributed by atoms with E-state index >= 15 is 0 Å². The predicted molar refractivity (Wildman–Crippen MR) is 74.9 cm³/mol. The Morgan fingerprint density at radius 3 is 2.74 bits per heavy atom. The summed E-state index contributed by atoms with van der Waals surface area (Å²) < 4.78 is 2.23. The molecule has 2 aliphatic rings. The quantitative estimate of drug-likeness (QED) is 0.858. The normalized spacial score (nSPS) is 30.2. The molecular weight excluding hydrogens is 238 g/mol. The second-order valence-corrected chi connectivity index (χ2v) is 6.42. The molecule has 0 spiro atoms. The zero-order chi connectivity index (χ0) is 13.2. The van der Waals surface area contributed by atoms with Gasteiger partial charge in [-0.05, 0) is 45.7 Å². The summed E-state index contributed by atoms with van der Waals surface area (Å²) in [7, 11) is 4.21. The molecule has 2 unspecified atom stereocenters. The van der Waals surface area contributed by atoms with Gasteiger partial charge in [0.25, 0.3) is 0 Å². The lowest BCUT2D eigenvalue weighted by molar-refractivity contribution is 0.291. The van der Waals surface area contributed by atoms with Gasteiger partial charge in [0.05, 0.1) is 0 Å². The molecule has 0 saturated carbocycles. The van der Waals surface area contributed by atoms with E-state index in [1.54, 1.807) is 0 Å². The topological polar surface area (TPSA) is 46.0 Å². The highest BCUT2D eigenvalue weighted by atomic mass is 15.3. The first-order valence-corrected chi connectivity index (χ1v) is 7.48. The Morgan fingerprint density at radius 1 is 1.32 bits per heavy atom. The van der Waals surface area contributed by atoms with E-state index in [1.165, 1.54) is 31.5 Å². The number of likely N-dealkylation sites (N-methyl/N-ethyl adjacent to an activating group) is 1. The summed E-state index contributed by atoms with van der Waals surface area (Å²) >= 11 is 0. The molecule has 3 heterocycles. The monoisotopic (exact) mass is 263 g/mol. The Labute approximate surface area is 115 Å². The average Bonchev–Trinajstić information content (AvgIpc) is 2.94. The lowest BCUT2D eigenvalue weighted by Gasteiger charge is -2.28. The maximum absolute atomic E-state index is 4.33. The molecule has 0 aromatic carbocycles. The molecule has 0 aliphatic carbocycles. The minimum atomic E-state index is 0.766. The van der Waals surface area contributed by atoms with Gasteiger partial charge >= 0.3 is 0 Å². The van der Waals surface area contributed by atoms with Gasteiger partial charge in [-0.2, -0.15) is 0 Å². The van der Waals surface area contributed by atoms with Gasteiger partial charge in [0.2, 0.25) is 0 Å². The van der Waals surface area contributed by atoms with Crippen LogP contribution in [0.1, 0.15) is 31.5 Å². The number of piperidine rings is 1. The highest BCUT2D eigenvalue weighted by Gasteiger charge is 2.33. The second-order valence-electron chi connectivity index (χ2n) is 6.42. The molecule has 106 valence electrons. The molecule has 19 heavy (non-hydrogen) atoms. The number of aromatic nitrogens is 3. The van der Waals surface area contributed by atoms with Crippen LogP contribution in [0.5, 0.6) is 0 Å². The molecule has 2 fully saturated rings. The minimum Gasteiger partial charge on any atom is -0.316 e. The average molecular weight is 263 g/mol. The Bertz CT molecular complexity index is 402. The SMILES string of the molecule is CN(C)CCn1cnnc1CC1CC2CCC(C1)N2. The Kier molecular flexibility index (Phi) is 3.84. The molecule has 1 N–H and O–H groups in total. The van der Waals surface area contributed by atoms with E-state index in [9.17, 15) is 0 Å². The van der Waals surface area contributed by atoms with E-state index in [0.717, 1.165) is 37.5 Å². The number of fused-ring (bicyclic) bond motifs is 2. The van der Waals surface area contributed by atoms with E-state index < -0.39 is 0 Å². The molecule has 1 aromatic heterocycles. The minimum absolute atomic E-state index is 0.766. The third-order valence-electron chi connectivity index (χ3n) is 4.53. The summed E-state index contributed by atoms with van der Waals surface area (Å²) in [5.41, 5.74) is 0. The van der Waals surface area contributed by atoms with E-state index in [4.69, 9.17) is 0 Å². The molecule has 5 heteroatoms. The van der Waals surface area contributed by atoms with Crippen LogP contribution in [0.3, 0.4) is 0 Å². The van der Waals surface area contributed by atoms with Gasteiger partial charge in [-0.15, -0.1) is 10.2 Å². The fourth-order valence-corrected chi connectivity index (χ4v) is 3.53. The first-order chi connectivity index (χ1) is 9.20. The first kappa shape index (κ1) is 13.1. The largest absolute Gasteiger partial charge is 0.316 e. The van der Waals surface area contributed by atoms with Gasteiger partial charge in [0.1, 0.15) is 12.2 Å². The van der Waals surface area contributed by atoms with Crippen molar-refractivity contribution in [1.29, 1.82) is 0 Å². The Hall–Kier alpha value is -0.940. The van der Waals surface area contributed by atoms with Crippen LogP contribution in [0, 0.1) is 5.92 Å². The third kappa shape index (κ3) is 3.15. The molecule has 2 atom stereocenters. The van der Waals surface area contributed by atoms with Crippen molar-refractivity contribution in [3.63, 3.8) is 0 Å². The van der Waals surface area contributed by atoms with Crippen molar-refractivity contribution < 1.29 is 0 Å². The van der Waals surface area contributed by atoms with Crippen molar-refractivity contribution in [2.45, 2.75) is 50.7 Å². The number of rotatable bonds is 5. The summed E-state index contributed by atoms with van der Waals surface area (Å²) in [5, 5.41) is 12.1. The fourth-order valence-electron chi connectivity index (χ4n) is 3.53. The lowest BCUT2D eigenvalue weighted by Crippen LogP contribution is -2.38. The van der Waals surface area contributed by atoms with Crippen LogP contribution in [0.25, 0.3) is 0 Å². The molecule has 1 aromatic rings. The number of nitrogens with zero attached hydrogens (tertiary/aromatic N) is 4. The van der Waals surface area contributed by atoms with Crippen LogP contribution < -0.4 is 5.32 Å². The summed E-state index contributed by atoms with van der Waals surface area (Å²) in [6.45, 7) is 2.04. The van der Waals surface area contributed by atoms with Gasteiger partial charge < -0.3 is 14.8 Å². The molecule has 2 aliphatic heterocycles. The van der Waals surface area contributed by atoms with Crippen molar-refractivity contribution in [2.24, 2.45) is 5.92 Å². The zero-order valence-corrected chi connectivity index (χ0v) is 12.0. The van der Waals surface area contributed by atoms with Crippen LogP contribution in [0.4, 0.5) is 0 Å². The second kappa shape index (κ2) is 5.59. The molecule has 2 saturated heterocycles. The maximum atomic E-state index is 4.33. The highest BCUT2D eigenvalue weighted by Crippen LogP contribution is 2.32. The molecule has 2 bridgehead atoms. The van der Waals surface area contributed by atoms with E-state index in [2.05, 4.69) is 39.1 Å².